The summed E-state index contributed by atoms with van der Waals surface area (Å²) in [4.78, 5) is 73.2. The molecule has 5 aromatic rings. The molecule has 0 aliphatic carbocycles. The molecule has 4 N–H and O–H groups in total. The second-order valence-electron chi connectivity index (χ2n) is 16.8. The molecule has 2 saturated heterocycles. The lowest BCUT2D eigenvalue weighted by Crippen LogP contribution is -2.51. The van der Waals surface area contributed by atoms with Crippen molar-refractivity contribution in [2.24, 2.45) is 5.92 Å². The molecular weight excluding hydrogens is 801 g/mol. The number of methoxy groups -OCH3 is 2. The Balaban J connectivity index is 0.997. The molecule has 2 fully saturated rings. The molecule has 3 aliphatic rings. The van der Waals surface area contributed by atoms with E-state index in [0.717, 1.165) is 77.0 Å². The van der Waals surface area contributed by atoms with E-state index in [2.05, 4.69) is 69.1 Å². The van der Waals surface area contributed by atoms with Crippen molar-refractivity contribution in [2.45, 2.75) is 95.6 Å². The van der Waals surface area contributed by atoms with Crippen LogP contribution >= 0.6 is 0 Å². The van der Waals surface area contributed by atoms with E-state index in [0.29, 0.717) is 44.2 Å². The lowest BCUT2D eigenvalue weighted by molar-refractivity contribution is -0.138. The number of hydrogen-bond donors (Lipinski definition) is 4. The lowest BCUT2D eigenvalue weighted by Gasteiger charge is -2.34. The third-order valence-corrected chi connectivity index (χ3v) is 12.5. The second-order valence-corrected chi connectivity index (χ2v) is 16.8. The molecule has 4 amide bonds. The summed E-state index contributed by atoms with van der Waals surface area (Å²) in [6.07, 6.45) is 5.58. The molecule has 330 valence electrons. The van der Waals surface area contributed by atoms with E-state index < -0.39 is 24.3 Å². The molecule has 0 radical (unpaired) electrons. The molecule has 0 saturated carbocycles. The fourth-order valence-corrected chi connectivity index (χ4v) is 9.20. The van der Waals surface area contributed by atoms with Crippen molar-refractivity contribution in [1.82, 2.24) is 40.4 Å². The molecule has 0 spiro atoms. The first kappa shape index (κ1) is 43.2. The Kier molecular flexibility index (Phi) is 13.2. The van der Waals surface area contributed by atoms with Gasteiger partial charge in [-0.05, 0) is 73.1 Å². The van der Waals surface area contributed by atoms with Gasteiger partial charge >= 0.3 is 12.2 Å². The first-order valence-electron chi connectivity index (χ1n) is 21.9. The Morgan fingerprint density at radius 3 is 2.14 bits per heavy atom. The Bertz CT molecular complexity index is 2380. The molecule has 8 rings (SSSR count). The number of rotatable bonds is 9. The van der Waals surface area contributed by atoms with Crippen LogP contribution < -0.4 is 10.6 Å². The number of H-pyrrole nitrogens is 2. The zero-order chi connectivity index (χ0) is 44.0. The first-order chi connectivity index (χ1) is 30.6. The summed E-state index contributed by atoms with van der Waals surface area (Å²) in [6.45, 7) is 5.28. The van der Waals surface area contributed by atoms with Crippen LogP contribution in [0.4, 0.5) is 9.59 Å². The summed E-state index contributed by atoms with van der Waals surface area (Å²) in [5, 5.41) is 5.52. The van der Waals surface area contributed by atoms with E-state index in [9.17, 15) is 19.2 Å². The predicted octanol–water partition coefficient (Wildman–Crippen LogP) is 8.01. The average Bonchev–Trinajstić information content (AvgIpc) is 4.15. The molecule has 15 heteroatoms. The second kappa shape index (κ2) is 19.3. The van der Waals surface area contributed by atoms with Gasteiger partial charge in [0.2, 0.25) is 11.8 Å². The number of carbonyl (C=O) groups is 4. The van der Waals surface area contributed by atoms with Gasteiger partial charge in [-0.1, -0.05) is 92.7 Å². The van der Waals surface area contributed by atoms with Crippen molar-refractivity contribution >= 4 is 24.0 Å². The molecule has 2 bridgehead atoms. The van der Waals surface area contributed by atoms with Gasteiger partial charge in [0.05, 0.1) is 62.2 Å². The normalized spacial score (nSPS) is 20.9. The van der Waals surface area contributed by atoms with Crippen molar-refractivity contribution in [1.29, 1.82) is 0 Å². The van der Waals surface area contributed by atoms with Crippen LogP contribution in [-0.4, -0.2) is 93.2 Å². The highest BCUT2D eigenvalue weighted by Gasteiger charge is 2.43. The number of nitrogens with zero attached hydrogens (tertiary/aromatic N) is 4. The van der Waals surface area contributed by atoms with Crippen LogP contribution in [0.15, 0.2) is 85.1 Å². The Labute approximate surface area is 367 Å². The summed E-state index contributed by atoms with van der Waals surface area (Å²) in [7, 11) is 2.60. The zero-order valence-corrected chi connectivity index (χ0v) is 36.3. The number of alkyl carbamates (subject to hydrolysis) is 2. The maximum atomic E-state index is 14.3. The Morgan fingerprint density at radius 2 is 1.44 bits per heavy atom. The number of aromatic amines is 2. The number of hydrogen-bond acceptors (Lipinski definition) is 9. The average molecular weight is 857 g/mol. The van der Waals surface area contributed by atoms with Crippen LogP contribution in [0.1, 0.15) is 99.8 Å². The molecule has 5 atom stereocenters. The van der Waals surface area contributed by atoms with Crippen molar-refractivity contribution in [3.05, 3.63) is 108 Å². The van der Waals surface area contributed by atoms with E-state index in [1.165, 1.54) is 14.2 Å². The fourth-order valence-electron chi connectivity index (χ4n) is 9.20. The molecular formula is C48H56N8O7. The van der Waals surface area contributed by atoms with Crippen LogP contribution in [0, 0.1) is 5.92 Å². The van der Waals surface area contributed by atoms with E-state index in [-0.39, 0.29) is 35.9 Å². The van der Waals surface area contributed by atoms with Crippen molar-refractivity contribution in [3.63, 3.8) is 0 Å². The quantitative estimate of drug-likeness (QED) is 0.114. The topological polar surface area (TPSA) is 184 Å². The van der Waals surface area contributed by atoms with E-state index in [4.69, 9.17) is 24.2 Å². The van der Waals surface area contributed by atoms with Crippen LogP contribution in [0.2, 0.25) is 0 Å². The minimum Gasteiger partial charge on any atom is -0.453 e. The van der Waals surface area contributed by atoms with Gasteiger partial charge in [0.25, 0.3) is 0 Å². The summed E-state index contributed by atoms with van der Waals surface area (Å²) in [6, 6.07) is 24.4. The van der Waals surface area contributed by atoms with Gasteiger partial charge in [-0.15, -0.1) is 0 Å². The van der Waals surface area contributed by atoms with Crippen molar-refractivity contribution < 1.29 is 33.4 Å². The number of fused-ring (bicyclic) bond motifs is 4. The molecule has 1 unspecified atom stereocenters. The highest BCUT2D eigenvalue weighted by atomic mass is 16.5. The molecule has 5 heterocycles. The van der Waals surface area contributed by atoms with Crippen LogP contribution in [-0.2, 0) is 30.4 Å². The predicted molar refractivity (Wildman–Crippen MR) is 236 cm³/mol. The number of amides is 4. The molecule has 15 nitrogen and oxygen atoms in total. The minimum absolute atomic E-state index is 0.124. The lowest BCUT2D eigenvalue weighted by atomic mass is 10.00. The number of imidazole rings is 2. The standard InChI is InChI=1S/C48H56N8O7/c1-29(2)41(54-48(60)62-4)46(58)56-38(33-11-6-5-7-12-33)23-24-40(56)43-49-27-36(50-43)32-19-15-30(16-20-32)31-17-21-34(22-18-31)42-37-28-63-26-9-8-13-35(52-47(59)61-3)45(57)55-25-10-14-39(55)44(51-37)53-42/h5-7,11-12,15-22,27,29,35,38-41H,8-10,13-14,23-26,28H2,1-4H3,(H,49,50)(H,51,53)(H,52,59)(H,54,60)/t35-,38?,39-,40-,41-/m0/s1. The Hall–Kier alpha value is -6.48. The van der Waals surface area contributed by atoms with Crippen molar-refractivity contribution in [3.8, 4) is 33.6 Å². The SMILES string of the molecule is COC(=O)N[C@H]1CCCCOCc2[nH]c(nc2-c2ccc(-c3ccc(-c4cnc([C@@H]5CCC(c6ccccc6)N5C(=O)[C@@H](NC(=O)OC)C(C)C)[nH]4)cc3)cc2)[C@@H]2CCCN2C1=O. The summed E-state index contributed by atoms with van der Waals surface area (Å²) >= 11 is 0. The monoisotopic (exact) mass is 856 g/mol. The van der Waals surface area contributed by atoms with Gasteiger partial charge in [0.1, 0.15) is 23.7 Å². The summed E-state index contributed by atoms with van der Waals surface area (Å²) in [5.74, 6) is 0.940. The van der Waals surface area contributed by atoms with Crippen LogP contribution in [0.3, 0.4) is 0 Å². The highest BCUT2D eigenvalue weighted by Crippen LogP contribution is 2.44. The van der Waals surface area contributed by atoms with Gasteiger partial charge in [-0.3, -0.25) is 9.59 Å². The van der Waals surface area contributed by atoms with Gasteiger partial charge < -0.3 is 44.6 Å². The maximum absolute atomic E-state index is 14.3. The van der Waals surface area contributed by atoms with Gasteiger partial charge in [0.15, 0.2) is 0 Å². The number of nitrogens with one attached hydrogen (secondary N) is 4. The highest BCUT2D eigenvalue weighted by molar-refractivity contribution is 5.87. The molecule has 63 heavy (non-hydrogen) atoms. The van der Waals surface area contributed by atoms with Crippen molar-refractivity contribution in [2.75, 3.05) is 27.4 Å². The summed E-state index contributed by atoms with van der Waals surface area (Å²) < 4.78 is 15.8. The third kappa shape index (κ3) is 9.34. The third-order valence-electron chi connectivity index (χ3n) is 12.5. The van der Waals surface area contributed by atoms with Crippen LogP contribution in [0.5, 0.6) is 0 Å². The number of likely N-dealkylation sites (tertiary alicyclic amines) is 1. The smallest absolute Gasteiger partial charge is 0.407 e. The van der Waals surface area contributed by atoms with E-state index in [1.54, 1.807) is 0 Å². The first-order valence-corrected chi connectivity index (χ1v) is 21.9. The van der Waals surface area contributed by atoms with E-state index >= 15 is 0 Å². The van der Waals surface area contributed by atoms with Crippen LogP contribution in [0.25, 0.3) is 33.6 Å². The minimum atomic E-state index is -0.769. The van der Waals surface area contributed by atoms with Gasteiger partial charge in [0, 0.05) is 18.7 Å². The largest absolute Gasteiger partial charge is 0.453 e. The molecule has 2 aromatic heterocycles. The number of aromatic nitrogens is 4. The number of ether oxygens (including phenoxy) is 3. The number of benzene rings is 3. The van der Waals surface area contributed by atoms with E-state index in [1.807, 2.05) is 60.2 Å². The van der Waals surface area contributed by atoms with Gasteiger partial charge in [-0.2, -0.15) is 0 Å². The summed E-state index contributed by atoms with van der Waals surface area (Å²) in [5.41, 5.74) is 7.49. The molecule has 3 aliphatic heterocycles. The zero-order valence-electron chi connectivity index (χ0n) is 36.3. The Morgan fingerprint density at radius 1 is 0.762 bits per heavy atom. The van der Waals surface area contributed by atoms with Gasteiger partial charge in [-0.25, -0.2) is 19.6 Å². The molecule has 3 aromatic carbocycles. The fraction of sp³-hybridized carbons (Fsp3) is 0.417. The maximum Gasteiger partial charge on any atom is 0.407 e. The number of carbonyl (C=O) groups excluding carboxylic acids is 4.